The minimum Gasteiger partial charge on any atom is -0.397 e. The number of hydrogen-bond acceptors (Lipinski definition) is 3. The molecule has 1 aromatic rings. The van der Waals surface area contributed by atoms with E-state index < -0.39 is 0 Å². The third-order valence-electron chi connectivity index (χ3n) is 2.81. The molecule has 1 aromatic heterocycles. The zero-order chi connectivity index (χ0) is 10.1. The van der Waals surface area contributed by atoms with Gasteiger partial charge in [0.25, 0.3) is 5.56 Å². The Kier molecular flexibility index (Phi) is 2.19. The van der Waals surface area contributed by atoms with Gasteiger partial charge in [-0.3, -0.25) is 4.79 Å². The summed E-state index contributed by atoms with van der Waals surface area (Å²) in [5.74, 6) is 0. The summed E-state index contributed by atoms with van der Waals surface area (Å²) >= 11 is 0. The summed E-state index contributed by atoms with van der Waals surface area (Å²) in [4.78, 5) is 11.7. The Bertz CT molecular complexity index is 391. The highest BCUT2D eigenvalue weighted by Gasteiger charge is 2.18. The monoisotopic (exact) mass is 193 g/mol. The maximum absolute atomic E-state index is 11.7. The maximum Gasteiger partial charge on any atom is 0.274 e. The molecule has 76 valence electrons. The Balaban J connectivity index is 2.46. The molecule has 0 atom stereocenters. The standard InChI is InChI=1S/C10H15N3O/c11-7-5-9(12)10(14)13(6-7)8-3-1-2-4-8/h5-6,8H,1-4,11-12H2. The molecular weight excluding hydrogens is 178 g/mol. The van der Waals surface area contributed by atoms with Crippen molar-refractivity contribution in [1.29, 1.82) is 0 Å². The van der Waals surface area contributed by atoms with E-state index in [2.05, 4.69) is 0 Å². The second-order valence-corrected chi connectivity index (χ2v) is 3.88. The van der Waals surface area contributed by atoms with Gasteiger partial charge in [-0.05, 0) is 18.9 Å². The minimum atomic E-state index is -0.105. The topological polar surface area (TPSA) is 74.0 Å². The van der Waals surface area contributed by atoms with Crippen LogP contribution in [0.15, 0.2) is 17.1 Å². The van der Waals surface area contributed by atoms with Crippen LogP contribution in [0.5, 0.6) is 0 Å². The molecule has 0 amide bonds. The van der Waals surface area contributed by atoms with Crippen molar-refractivity contribution in [2.75, 3.05) is 11.5 Å². The molecule has 1 saturated carbocycles. The minimum absolute atomic E-state index is 0.105. The number of nitrogen functional groups attached to an aromatic ring is 2. The van der Waals surface area contributed by atoms with Crippen molar-refractivity contribution >= 4 is 11.4 Å². The second kappa shape index (κ2) is 3.36. The molecule has 14 heavy (non-hydrogen) atoms. The van der Waals surface area contributed by atoms with E-state index >= 15 is 0 Å². The Hall–Kier alpha value is -1.45. The van der Waals surface area contributed by atoms with Gasteiger partial charge in [-0.15, -0.1) is 0 Å². The Morgan fingerprint density at radius 2 is 1.93 bits per heavy atom. The molecule has 4 heteroatoms. The van der Waals surface area contributed by atoms with Gasteiger partial charge in [0, 0.05) is 12.2 Å². The van der Waals surface area contributed by atoms with Gasteiger partial charge >= 0.3 is 0 Å². The number of aromatic nitrogens is 1. The normalized spacial score (nSPS) is 17.4. The zero-order valence-electron chi connectivity index (χ0n) is 8.07. The molecule has 1 aliphatic carbocycles. The molecular formula is C10H15N3O. The smallest absolute Gasteiger partial charge is 0.274 e. The van der Waals surface area contributed by atoms with Crippen LogP contribution in [0.1, 0.15) is 31.7 Å². The average molecular weight is 193 g/mol. The summed E-state index contributed by atoms with van der Waals surface area (Å²) in [6, 6.07) is 1.82. The van der Waals surface area contributed by atoms with Gasteiger partial charge in [-0.1, -0.05) is 12.8 Å². The lowest BCUT2D eigenvalue weighted by Gasteiger charge is -2.14. The van der Waals surface area contributed by atoms with Crippen LogP contribution in [-0.4, -0.2) is 4.57 Å². The number of nitrogens with two attached hydrogens (primary N) is 2. The van der Waals surface area contributed by atoms with Crippen molar-refractivity contribution in [3.05, 3.63) is 22.6 Å². The number of pyridine rings is 1. The lowest BCUT2D eigenvalue weighted by atomic mass is 10.2. The average Bonchev–Trinajstić information content (AvgIpc) is 2.63. The summed E-state index contributed by atoms with van der Waals surface area (Å²) in [7, 11) is 0. The van der Waals surface area contributed by atoms with Crippen LogP contribution < -0.4 is 17.0 Å². The maximum atomic E-state index is 11.7. The van der Waals surface area contributed by atoms with Crippen LogP contribution in [0.3, 0.4) is 0 Å². The highest BCUT2D eigenvalue weighted by atomic mass is 16.1. The van der Waals surface area contributed by atoms with Gasteiger partial charge in [-0.25, -0.2) is 0 Å². The fraction of sp³-hybridized carbons (Fsp3) is 0.500. The largest absolute Gasteiger partial charge is 0.397 e. The Morgan fingerprint density at radius 1 is 1.29 bits per heavy atom. The van der Waals surface area contributed by atoms with Crippen molar-refractivity contribution in [2.24, 2.45) is 0 Å². The Morgan fingerprint density at radius 3 is 2.57 bits per heavy atom. The van der Waals surface area contributed by atoms with Gasteiger partial charge in [0.2, 0.25) is 0 Å². The molecule has 2 rings (SSSR count). The number of nitrogens with zero attached hydrogens (tertiary/aromatic N) is 1. The van der Waals surface area contributed by atoms with E-state index in [1.54, 1.807) is 10.8 Å². The van der Waals surface area contributed by atoms with Crippen LogP contribution in [0.4, 0.5) is 11.4 Å². The first-order chi connectivity index (χ1) is 6.68. The first kappa shape index (κ1) is 9.12. The summed E-state index contributed by atoms with van der Waals surface area (Å²) in [6.07, 6.45) is 6.19. The van der Waals surface area contributed by atoms with Crippen LogP contribution in [0.25, 0.3) is 0 Å². The zero-order valence-corrected chi connectivity index (χ0v) is 8.07. The van der Waals surface area contributed by atoms with Gasteiger partial charge in [0.15, 0.2) is 0 Å². The highest BCUT2D eigenvalue weighted by molar-refractivity contribution is 5.48. The van der Waals surface area contributed by atoms with Crippen LogP contribution >= 0.6 is 0 Å². The van der Waals surface area contributed by atoms with Crippen LogP contribution in [0, 0.1) is 0 Å². The van der Waals surface area contributed by atoms with E-state index in [-0.39, 0.29) is 11.2 Å². The third-order valence-corrected chi connectivity index (χ3v) is 2.81. The van der Waals surface area contributed by atoms with E-state index in [1.807, 2.05) is 0 Å². The van der Waals surface area contributed by atoms with E-state index in [4.69, 9.17) is 11.5 Å². The number of anilines is 2. The van der Waals surface area contributed by atoms with E-state index in [0.29, 0.717) is 11.7 Å². The van der Waals surface area contributed by atoms with E-state index in [0.717, 1.165) is 12.8 Å². The molecule has 4 nitrogen and oxygen atoms in total. The number of rotatable bonds is 1. The lowest BCUT2D eigenvalue weighted by molar-refractivity contribution is 0.504. The highest BCUT2D eigenvalue weighted by Crippen LogP contribution is 2.28. The van der Waals surface area contributed by atoms with Gasteiger partial charge in [0.1, 0.15) is 0 Å². The van der Waals surface area contributed by atoms with Crippen LogP contribution in [-0.2, 0) is 0 Å². The molecule has 1 fully saturated rings. The molecule has 0 bridgehead atoms. The fourth-order valence-electron chi connectivity index (χ4n) is 2.10. The first-order valence-corrected chi connectivity index (χ1v) is 4.95. The SMILES string of the molecule is Nc1cc(N)c(=O)n(C2CCCC2)c1. The van der Waals surface area contributed by atoms with Crippen molar-refractivity contribution in [3.8, 4) is 0 Å². The second-order valence-electron chi connectivity index (χ2n) is 3.88. The first-order valence-electron chi connectivity index (χ1n) is 4.95. The van der Waals surface area contributed by atoms with Crippen molar-refractivity contribution < 1.29 is 0 Å². The van der Waals surface area contributed by atoms with Gasteiger partial charge < -0.3 is 16.0 Å². The fourth-order valence-corrected chi connectivity index (χ4v) is 2.10. The molecule has 4 N–H and O–H groups in total. The third kappa shape index (κ3) is 1.47. The molecule has 1 heterocycles. The lowest BCUT2D eigenvalue weighted by Crippen LogP contribution is -2.25. The Labute approximate surface area is 82.5 Å². The van der Waals surface area contributed by atoms with Gasteiger partial charge in [-0.2, -0.15) is 0 Å². The predicted octanol–water partition coefficient (Wildman–Crippen LogP) is 1.13. The van der Waals surface area contributed by atoms with Crippen LogP contribution in [0.2, 0.25) is 0 Å². The quantitative estimate of drug-likeness (QED) is 0.702. The molecule has 1 aliphatic rings. The predicted molar refractivity (Wildman–Crippen MR) is 57.0 cm³/mol. The van der Waals surface area contributed by atoms with Crippen molar-refractivity contribution in [2.45, 2.75) is 31.7 Å². The molecule has 0 radical (unpaired) electrons. The van der Waals surface area contributed by atoms with E-state index in [1.165, 1.54) is 18.9 Å². The molecule has 0 spiro atoms. The molecule has 0 aliphatic heterocycles. The van der Waals surface area contributed by atoms with Crippen molar-refractivity contribution in [3.63, 3.8) is 0 Å². The summed E-state index contributed by atoms with van der Waals surface area (Å²) in [5.41, 5.74) is 11.9. The molecule has 0 saturated heterocycles. The van der Waals surface area contributed by atoms with Gasteiger partial charge in [0.05, 0.1) is 11.4 Å². The number of hydrogen-bond donors (Lipinski definition) is 2. The summed E-state index contributed by atoms with van der Waals surface area (Å²) < 4.78 is 1.69. The van der Waals surface area contributed by atoms with Crippen molar-refractivity contribution in [1.82, 2.24) is 4.57 Å². The van der Waals surface area contributed by atoms with E-state index in [9.17, 15) is 4.79 Å². The molecule has 0 aromatic carbocycles. The molecule has 0 unspecified atom stereocenters. The summed E-state index contributed by atoms with van der Waals surface area (Å²) in [5, 5.41) is 0. The summed E-state index contributed by atoms with van der Waals surface area (Å²) in [6.45, 7) is 0.